The normalized spacial score (nSPS) is 48.5. The Morgan fingerprint density at radius 1 is 0.532 bits per heavy atom. The molecule has 0 bridgehead atoms. The van der Waals surface area contributed by atoms with Crippen molar-refractivity contribution in [3.63, 3.8) is 0 Å². The van der Waals surface area contributed by atoms with Crippen LogP contribution in [-0.4, -0.2) is 450 Å². The second-order valence-electron chi connectivity index (χ2n) is 42.9. The number of ether oxygens (including phenoxy) is 16. The van der Waals surface area contributed by atoms with Gasteiger partial charge in [-0.15, -0.1) is 0 Å². The van der Waals surface area contributed by atoms with E-state index >= 15 is 4.79 Å². The lowest BCUT2D eigenvalue weighted by atomic mass is 9.33. The molecule has 8 saturated heterocycles. The number of nitrogens with one attached hydrogen (secondary N) is 2. The largest absolute Gasteiger partial charge is 0.479 e. The molecule has 12 fully saturated rings. The first-order valence-corrected chi connectivity index (χ1v) is 48.6. The number of carbonyl (C=O) groups is 5. The Kier molecular flexibility index (Phi) is 36.0. The number of fused-ring (bicyclic) bond motifs is 7. The van der Waals surface area contributed by atoms with Crippen molar-refractivity contribution < 1.29 is 222 Å². The van der Waals surface area contributed by atoms with Crippen LogP contribution in [0.3, 0.4) is 0 Å². The van der Waals surface area contributed by atoms with Gasteiger partial charge in [-0.25, -0.2) is 4.79 Å². The summed E-state index contributed by atoms with van der Waals surface area (Å²) in [5, 5.41) is 273. The molecule has 26 N–H and O–H groups in total. The predicted molar refractivity (Wildman–Crippen MR) is 464 cm³/mol. The van der Waals surface area contributed by atoms with Crippen LogP contribution in [-0.2, 0) is 99.8 Å². The number of carboxylic acid groups (broad SMARTS) is 1. The van der Waals surface area contributed by atoms with Crippen molar-refractivity contribution in [1.29, 1.82) is 0 Å². The van der Waals surface area contributed by atoms with Gasteiger partial charge in [0.25, 0.3) is 0 Å². The summed E-state index contributed by atoms with van der Waals surface area (Å²) < 4.78 is 96.5. The average molecular weight is 2000 g/mol. The Morgan fingerprint density at radius 3 is 1.73 bits per heavy atom. The van der Waals surface area contributed by atoms with Gasteiger partial charge in [0.1, 0.15) is 152 Å². The lowest BCUT2D eigenvalue weighted by Gasteiger charge is -2.71. The number of rotatable bonds is 36. The smallest absolute Gasteiger partial charge is 0.335 e. The first kappa shape index (κ1) is 112. The number of carboxylic acids is 1. The zero-order chi connectivity index (χ0) is 102. The van der Waals surface area contributed by atoms with Crippen LogP contribution < -0.4 is 10.6 Å². The van der Waals surface area contributed by atoms with Gasteiger partial charge in [0.15, 0.2) is 56.2 Å². The molecule has 0 spiro atoms. The van der Waals surface area contributed by atoms with Gasteiger partial charge in [-0.2, -0.15) is 0 Å². The molecule has 4 saturated carbocycles. The van der Waals surface area contributed by atoms with Gasteiger partial charge in [-0.3, -0.25) is 14.4 Å². The molecule has 2 amide bonds. The van der Waals surface area contributed by atoms with E-state index < -0.39 is 378 Å². The number of aliphatic hydroxyl groups excluding tert-OH is 22. The van der Waals surface area contributed by atoms with E-state index in [0.29, 0.717) is 44.9 Å². The molecule has 47 heteroatoms. The summed E-state index contributed by atoms with van der Waals surface area (Å²) in [6.07, 6.45) is -64.0. The van der Waals surface area contributed by atoms with E-state index in [2.05, 4.69) is 30.6 Å². The SMILES string of the molecule is CC[C@@H](C)C(C[C@@H](O)CC(=O)N[C@@H](C[C@H](O)CC(=O)N[C@@H]1[C@H](O)[C@@H](O[C@@H]2O[C@@H](C)[C@H](O[C@H]3OC[C@@H](O)[C@H](O[C@H]4OC[C@](O)(CO)[C@H]4O)[C@H]3O)[C@@H](O)[C@H]2O)[C@H](OC(=O)[C@]23CCC(C)(C)CC2C2=CCC4[C@@]5(C)CC[C@H](O[C@@H]6O[C@H](C(=O)O)[C@@H](O)[C@H](O[C@@H]7OC[C@@H](O)[C@H](O)[C@H]7O)[C@H]6O[C@H]6O[C@H](CO)[C@H](O)[C@H](O)[C@H]6O)[C@@](C)(C=O)C5CC[C@@]4(C)[C@]2(C)C[C@H]3O)O[C@@H]1CO)[C@H](C)CC)O[C@@H]1O[C@@H](CO)[C@H](O)[C@H]1O. The second-order valence-corrected chi connectivity index (χ2v) is 42.9. The van der Waals surface area contributed by atoms with Crippen LogP contribution in [0.25, 0.3) is 0 Å². The Hall–Kier alpha value is -4.23. The van der Waals surface area contributed by atoms with E-state index in [4.69, 9.17) is 75.8 Å². The molecular formula is C92H150N2O45. The summed E-state index contributed by atoms with van der Waals surface area (Å²) in [4.78, 5) is 72.4. The van der Waals surface area contributed by atoms with Crippen LogP contribution in [0.2, 0.25) is 0 Å². The maximum atomic E-state index is 16.4. The fourth-order valence-corrected chi connectivity index (χ4v) is 24.5. The molecule has 13 aliphatic rings. The van der Waals surface area contributed by atoms with Crippen LogP contribution in [0.5, 0.6) is 0 Å². The molecule has 0 aromatic rings. The summed E-state index contributed by atoms with van der Waals surface area (Å²) >= 11 is 0. The monoisotopic (exact) mass is 2000 g/mol. The zero-order valence-corrected chi connectivity index (χ0v) is 80.0. The number of esters is 1. The molecule has 4 unspecified atom stereocenters. The first-order valence-electron chi connectivity index (χ1n) is 48.6. The highest BCUT2D eigenvalue weighted by Gasteiger charge is 2.74. The number of hydrogen-bond donors (Lipinski definition) is 26. The molecule has 5 aliphatic carbocycles. The third-order valence-corrected chi connectivity index (χ3v) is 33.6. The fraction of sp³-hybridized carbons (Fsp3) is 0.924. The van der Waals surface area contributed by atoms with Gasteiger partial charge >= 0.3 is 11.9 Å². The number of carbonyl (C=O) groups excluding carboxylic acids is 4. The standard InChI is InChI=1S/C92H150N2O45/c1-12-36(3)43(93-54(105)25-40(101)23-46(37(4)13-2)128-80-64(114)59(109)49(30-97)130-80)22-39(100)24-55(106)94-56-47(28-95)129-82(73(60(56)110)137-79-66(116)62(112)69(38(5)127-79)133-78-68(118)70(45(103)32-125-78)134-84-75(119)91(123,34-99)35-126-84)139-85(122)92-21-20-86(6,7)26-42(92)41-14-15-51-87(8)18-17-53(88(9,33-98)50(87)16-19-89(51,10)90(41,11)27-52(92)104)132-83-74(138-81-65(115)61(111)58(108)48(29-96)131-81)71(67(117)72(136-83)76(120)121)135-77-63(113)57(107)44(102)31-124-77/h14,33,36-40,42-53,56-75,77-84,95-97,99-104,107-119,123H,12-13,15-32,34-35H2,1-11H3,(H,93,105)(H,94,106)(H,120,121)/t36-,37-,38+,39+,40-,42?,43+,44-,45-,46?,47-,48-,49+,50?,51?,52-,53+,56+,57+,58+,59+,60+,61+,62+,63-,64-,65-,66-,67+,68-,69+,70+,71+,72+,73-,74-,75+,77+,78-,79+,80-,81-,82+,83-,84-,87+,88+,89-,90-,91-,92-/m1/s1. The molecule has 8 heterocycles. The number of amides is 2. The van der Waals surface area contributed by atoms with E-state index in [1.165, 1.54) is 6.92 Å². The van der Waals surface area contributed by atoms with Gasteiger partial charge < -0.3 is 214 Å². The van der Waals surface area contributed by atoms with Crippen molar-refractivity contribution in [3.8, 4) is 0 Å². The van der Waals surface area contributed by atoms with Crippen molar-refractivity contribution in [2.24, 2.45) is 62.1 Å². The maximum absolute atomic E-state index is 16.4. The van der Waals surface area contributed by atoms with Crippen LogP contribution in [0.1, 0.15) is 172 Å². The lowest BCUT2D eigenvalue weighted by Crippen LogP contribution is -2.70. The number of aliphatic hydroxyl groups is 23. The summed E-state index contributed by atoms with van der Waals surface area (Å²) in [5.74, 6) is -6.83. The zero-order valence-electron chi connectivity index (χ0n) is 80.0. The topological polar surface area (TPSA) is 743 Å². The molecule has 0 aromatic carbocycles. The minimum absolute atomic E-state index is 0.0183. The van der Waals surface area contributed by atoms with Crippen molar-refractivity contribution in [2.45, 2.75) is 424 Å². The van der Waals surface area contributed by atoms with Gasteiger partial charge in [0.05, 0.1) is 107 Å². The van der Waals surface area contributed by atoms with Gasteiger partial charge in [-0.05, 0) is 122 Å². The summed E-state index contributed by atoms with van der Waals surface area (Å²) in [7, 11) is 0. The second kappa shape index (κ2) is 44.7. The first-order chi connectivity index (χ1) is 65.3. The van der Waals surface area contributed by atoms with E-state index in [-0.39, 0.29) is 56.3 Å². The molecule has 0 radical (unpaired) electrons. The number of allylic oxidation sites excluding steroid dienone is 2. The number of hydrogen-bond acceptors (Lipinski definition) is 44. The van der Waals surface area contributed by atoms with Crippen molar-refractivity contribution in [3.05, 3.63) is 11.6 Å². The highest BCUT2D eigenvalue weighted by Crippen LogP contribution is 2.76. The minimum atomic E-state index is -2.27. The third-order valence-electron chi connectivity index (χ3n) is 33.6. The minimum Gasteiger partial charge on any atom is -0.479 e. The van der Waals surface area contributed by atoms with E-state index in [9.17, 15) is 142 Å². The molecular weight excluding hydrogens is 1850 g/mol. The number of aliphatic carboxylic acids is 1. The molecule has 8 aliphatic heterocycles. The fourth-order valence-electron chi connectivity index (χ4n) is 24.5. The summed E-state index contributed by atoms with van der Waals surface area (Å²) in [6.45, 7) is 15.2. The molecule has 798 valence electrons. The Bertz CT molecular complexity index is 4130. The predicted octanol–water partition coefficient (Wildman–Crippen LogP) is -7.57. The lowest BCUT2D eigenvalue weighted by molar-refractivity contribution is -0.391. The molecule has 51 atom stereocenters. The molecule has 47 nitrogen and oxygen atoms in total. The van der Waals surface area contributed by atoms with Gasteiger partial charge in [0.2, 0.25) is 18.1 Å². The Morgan fingerprint density at radius 2 is 1.10 bits per heavy atom. The van der Waals surface area contributed by atoms with E-state index in [1.807, 2.05) is 41.5 Å². The van der Waals surface area contributed by atoms with Gasteiger partial charge in [0, 0.05) is 12.5 Å². The summed E-state index contributed by atoms with van der Waals surface area (Å²) in [6, 6.07) is -2.60. The van der Waals surface area contributed by atoms with Crippen molar-refractivity contribution in [2.75, 3.05) is 46.2 Å². The third kappa shape index (κ3) is 21.8. The van der Waals surface area contributed by atoms with Crippen LogP contribution in [0.4, 0.5) is 0 Å². The highest BCUT2D eigenvalue weighted by molar-refractivity contribution is 5.80. The van der Waals surface area contributed by atoms with Crippen LogP contribution in [0, 0.1) is 62.1 Å². The van der Waals surface area contributed by atoms with Crippen molar-refractivity contribution >= 4 is 30.0 Å². The maximum Gasteiger partial charge on any atom is 0.335 e. The van der Waals surface area contributed by atoms with Crippen LogP contribution >= 0.6 is 0 Å². The van der Waals surface area contributed by atoms with E-state index in [1.54, 1.807) is 13.8 Å². The molecule has 13 rings (SSSR count). The Balaban J connectivity index is 0.754. The quantitative estimate of drug-likeness (QED) is 0.0120. The van der Waals surface area contributed by atoms with Crippen LogP contribution in [0.15, 0.2) is 11.6 Å². The van der Waals surface area contributed by atoms with Gasteiger partial charge in [-0.1, -0.05) is 93.7 Å². The molecule has 0 aromatic heterocycles. The number of aldehydes is 1. The Labute approximate surface area is 803 Å². The molecule has 139 heavy (non-hydrogen) atoms. The average Bonchev–Trinajstić information content (AvgIpc) is 0.921. The summed E-state index contributed by atoms with van der Waals surface area (Å²) in [5.41, 5.74) is -7.86. The van der Waals surface area contributed by atoms with Crippen molar-refractivity contribution in [1.82, 2.24) is 10.6 Å². The van der Waals surface area contributed by atoms with E-state index in [0.717, 1.165) is 11.9 Å². The highest BCUT2D eigenvalue weighted by atomic mass is 16.8.